The highest BCUT2D eigenvalue weighted by molar-refractivity contribution is 7.89. The predicted octanol–water partition coefficient (Wildman–Crippen LogP) is 5.03. The number of amides is 1. The van der Waals surface area contributed by atoms with Gasteiger partial charge in [-0.2, -0.15) is 5.10 Å². The van der Waals surface area contributed by atoms with Gasteiger partial charge in [0.15, 0.2) is 0 Å². The number of non-ortho nitro benzene ring substituents is 1. The van der Waals surface area contributed by atoms with Crippen molar-refractivity contribution < 1.29 is 22.6 Å². The zero-order valence-corrected chi connectivity index (χ0v) is 22.0. The molecule has 0 saturated heterocycles. The molecule has 0 aliphatic rings. The largest absolute Gasteiger partial charge is 0.455 e. The van der Waals surface area contributed by atoms with Gasteiger partial charge < -0.3 is 4.42 Å². The van der Waals surface area contributed by atoms with Crippen LogP contribution in [-0.2, 0) is 14.8 Å². The second-order valence-corrected chi connectivity index (χ2v) is 10.6. The number of aryl methyl sites for hydroxylation is 2. The monoisotopic (exact) mass is 546 g/mol. The van der Waals surface area contributed by atoms with Crippen molar-refractivity contribution in [2.45, 2.75) is 31.2 Å². The molecule has 0 aliphatic heterocycles. The van der Waals surface area contributed by atoms with Gasteiger partial charge in [0, 0.05) is 24.1 Å². The van der Waals surface area contributed by atoms with Gasteiger partial charge in [0.25, 0.3) is 5.69 Å². The summed E-state index contributed by atoms with van der Waals surface area (Å²) in [5, 5.41) is 15.0. The third-order valence-corrected chi connectivity index (χ3v) is 7.41. The van der Waals surface area contributed by atoms with Gasteiger partial charge in [0.05, 0.1) is 22.1 Å². The van der Waals surface area contributed by atoms with Crippen molar-refractivity contribution in [3.8, 4) is 11.3 Å². The molecule has 0 aliphatic carbocycles. The smallest absolute Gasteiger partial charge is 0.270 e. The molecule has 3 aromatic carbocycles. The van der Waals surface area contributed by atoms with Crippen LogP contribution in [0.5, 0.6) is 0 Å². The third kappa shape index (κ3) is 7.03. The number of carbonyl (C=O) groups is 1. The summed E-state index contributed by atoms with van der Waals surface area (Å²) < 4.78 is 34.3. The van der Waals surface area contributed by atoms with Gasteiger partial charge in [-0.25, -0.2) is 18.6 Å². The Balaban J connectivity index is 1.45. The minimum Gasteiger partial charge on any atom is -0.455 e. The van der Waals surface area contributed by atoms with Crippen LogP contribution in [0.3, 0.4) is 0 Å². The number of benzene rings is 3. The van der Waals surface area contributed by atoms with E-state index < -0.39 is 26.9 Å². The lowest BCUT2D eigenvalue weighted by atomic mass is 10.0. The van der Waals surface area contributed by atoms with Crippen LogP contribution in [0.4, 0.5) is 5.69 Å². The molecule has 0 unspecified atom stereocenters. The molecule has 1 amide bonds. The number of nitrogens with one attached hydrogen (secondary N) is 2. The lowest BCUT2D eigenvalue weighted by Crippen LogP contribution is -2.32. The molecule has 0 spiro atoms. The van der Waals surface area contributed by atoms with Crippen molar-refractivity contribution in [1.29, 1.82) is 0 Å². The minimum absolute atomic E-state index is 0.0551. The molecule has 200 valence electrons. The van der Waals surface area contributed by atoms with Crippen LogP contribution in [0, 0.1) is 24.0 Å². The molecule has 1 atom stereocenters. The Labute approximate surface area is 225 Å². The number of carbonyl (C=O) groups excluding carboxylic acids is 1. The molecule has 0 saturated carbocycles. The molecule has 1 heterocycles. The average molecular weight is 547 g/mol. The lowest BCUT2D eigenvalue weighted by molar-refractivity contribution is -0.384. The van der Waals surface area contributed by atoms with Gasteiger partial charge in [-0.1, -0.05) is 54.1 Å². The summed E-state index contributed by atoms with van der Waals surface area (Å²) in [4.78, 5) is 23.4. The Morgan fingerprint density at radius 1 is 1.03 bits per heavy atom. The molecule has 0 bridgehead atoms. The molecule has 1 aromatic heterocycles. The van der Waals surface area contributed by atoms with E-state index in [2.05, 4.69) is 15.2 Å². The number of nitro groups is 1. The van der Waals surface area contributed by atoms with Crippen LogP contribution in [0.15, 0.2) is 99.3 Å². The lowest BCUT2D eigenvalue weighted by Gasteiger charge is -2.18. The summed E-state index contributed by atoms with van der Waals surface area (Å²) in [5.41, 5.74) is 5.25. The van der Waals surface area contributed by atoms with Gasteiger partial charge >= 0.3 is 0 Å². The van der Waals surface area contributed by atoms with Crippen molar-refractivity contribution in [2.24, 2.45) is 5.10 Å². The maximum absolute atomic E-state index is 13.0. The van der Waals surface area contributed by atoms with Crippen molar-refractivity contribution in [3.05, 3.63) is 117 Å². The zero-order chi connectivity index (χ0) is 28.0. The van der Waals surface area contributed by atoms with Gasteiger partial charge in [-0.15, -0.1) is 0 Å². The molecular weight excluding hydrogens is 520 g/mol. The Bertz CT molecular complexity index is 1610. The minimum atomic E-state index is -3.89. The number of nitro benzene ring substituents is 1. The number of hydrogen-bond donors (Lipinski definition) is 2. The highest BCUT2D eigenvalue weighted by Crippen LogP contribution is 2.29. The zero-order valence-electron chi connectivity index (χ0n) is 21.2. The molecule has 11 heteroatoms. The maximum Gasteiger partial charge on any atom is 0.270 e. The number of nitrogens with zero attached hydrogens (tertiary/aromatic N) is 2. The van der Waals surface area contributed by atoms with Crippen molar-refractivity contribution in [2.75, 3.05) is 0 Å². The van der Waals surface area contributed by atoms with E-state index in [0.717, 1.165) is 11.1 Å². The Morgan fingerprint density at radius 2 is 1.74 bits per heavy atom. The second-order valence-electron chi connectivity index (χ2n) is 8.85. The SMILES string of the molecule is Cc1ccc(S(=O)(=O)N[C@@H](CC(=O)N/N=C\c2ccc(-c3cc([N+](=O)[O-])ccc3C)o2)c2ccccc2)cc1. The Morgan fingerprint density at radius 3 is 2.44 bits per heavy atom. The number of sulfonamides is 1. The summed E-state index contributed by atoms with van der Waals surface area (Å²) in [6, 6.07) is 22.1. The average Bonchev–Trinajstić information content (AvgIpc) is 3.37. The molecule has 4 rings (SSSR count). The first-order valence-corrected chi connectivity index (χ1v) is 13.4. The fourth-order valence-electron chi connectivity index (χ4n) is 3.84. The van der Waals surface area contributed by atoms with Crippen molar-refractivity contribution in [1.82, 2.24) is 10.1 Å². The van der Waals surface area contributed by atoms with Crippen LogP contribution in [0.25, 0.3) is 11.3 Å². The summed E-state index contributed by atoms with van der Waals surface area (Å²) in [5.74, 6) is 0.211. The third-order valence-electron chi connectivity index (χ3n) is 5.93. The van der Waals surface area contributed by atoms with E-state index in [0.29, 0.717) is 22.6 Å². The maximum atomic E-state index is 13.0. The van der Waals surface area contributed by atoms with Crippen LogP contribution in [0.2, 0.25) is 0 Å². The van der Waals surface area contributed by atoms with E-state index in [1.807, 2.05) is 13.8 Å². The number of rotatable bonds is 10. The fraction of sp³-hybridized carbons (Fsp3) is 0.143. The fourth-order valence-corrected chi connectivity index (χ4v) is 5.07. The normalized spacial score (nSPS) is 12.4. The van der Waals surface area contributed by atoms with Crippen molar-refractivity contribution in [3.63, 3.8) is 0 Å². The molecular formula is C28H26N4O6S. The molecule has 39 heavy (non-hydrogen) atoms. The highest BCUT2D eigenvalue weighted by Gasteiger charge is 2.23. The van der Waals surface area contributed by atoms with Crippen molar-refractivity contribution >= 4 is 27.8 Å². The summed E-state index contributed by atoms with van der Waals surface area (Å²) >= 11 is 0. The van der Waals surface area contributed by atoms with E-state index in [-0.39, 0.29) is 17.0 Å². The molecule has 10 nitrogen and oxygen atoms in total. The van der Waals surface area contributed by atoms with Gasteiger partial charge in [0.2, 0.25) is 15.9 Å². The first kappa shape index (κ1) is 27.4. The summed E-state index contributed by atoms with van der Waals surface area (Å²) in [6.07, 6.45) is 1.09. The molecule has 0 fully saturated rings. The number of hydrogen-bond acceptors (Lipinski definition) is 7. The quantitative estimate of drug-likeness (QED) is 0.162. The Hall–Kier alpha value is -4.61. The molecule has 2 N–H and O–H groups in total. The summed E-state index contributed by atoms with van der Waals surface area (Å²) in [6.45, 7) is 3.67. The van der Waals surface area contributed by atoms with Crippen LogP contribution in [-0.4, -0.2) is 25.5 Å². The van der Waals surface area contributed by atoms with E-state index in [1.165, 1.54) is 30.5 Å². The van der Waals surface area contributed by atoms with Crippen LogP contribution in [0.1, 0.15) is 34.9 Å². The van der Waals surface area contributed by atoms with Crippen LogP contribution >= 0.6 is 0 Å². The molecule has 0 radical (unpaired) electrons. The first-order valence-electron chi connectivity index (χ1n) is 11.9. The summed E-state index contributed by atoms with van der Waals surface area (Å²) in [7, 11) is -3.89. The van der Waals surface area contributed by atoms with E-state index >= 15 is 0 Å². The van der Waals surface area contributed by atoms with E-state index in [4.69, 9.17) is 4.42 Å². The van der Waals surface area contributed by atoms with E-state index in [1.54, 1.807) is 60.7 Å². The second kappa shape index (κ2) is 11.8. The number of furan rings is 1. The molecule has 4 aromatic rings. The highest BCUT2D eigenvalue weighted by atomic mass is 32.2. The predicted molar refractivity (Wildman–Crippen MR) is 147 cm³/mol. The topological polar surface area (TPSA) is 144 Å². The Kier molecular flexibility index (Phi) is 8.33. The van der Waals surface area contributed by atoms with Gasteiger partial charge in [-0.3, -0.25) is 14.9 Å². The first-order chi connectivity index (χ1) is 18.6. The number of hydrazone groups is 1. The van der Waals surface area contributed by atoms with E-state index in [9.17, 15) is 23.3 Å². The van der Waals surface area contributed by atoms with Gasteiger partial charge in [0.1, 0.15) is 11.5 Å². The van der Waals surface area contributed by atoms with Gasteiger partial charge in [-0.05, 0) is 49.2 Å². The standard InChI is InChI=1S/C28H26N4O6S/c1-19-8-13-24(14-9-19)39(36,37)31-26(21-6-4-3-5-7-21)17-28(33)30-29-18-23-12-15-27(38-23)25-16-22(32(34)35)11-10-20(25)2/h3-16,18,26,31H,17H2,1-2H3,(H,30,33)/b29-18-/t26-/m0/s1. The van der Waals surface area contributed by atoms with Crippen LogP contribution < -0.4 is 10.1 Å².